The van der Waals surface area contributed by atoms with Gasteiger partial charge >= 0.3 is 0 Å². The summed E-state index contributed by atoms with van der Waals surface area (Å²) in [4.78, 5) is 17.0. The summed E-state index contributed by atoms with van der Waals surface area (Å²) in [7, 11) is -4.02. The Balaban J connectivity index is 1.70. The molecule has 34 heavy (non-hydrogen) atoms. The van der Waals surface area contributed by atoms with Gasteiger partial charge in [0, 0.05) is 6.20 Å². The Hall–Kier alpha value is -3.68. The van der Waals surface area contributed by atoms with Crippen molar-refractivity contribution in [1.82, 2.24) is 4.98 Å². The second kappa shape index (κ2) is 10.1. The molecule has 172 valence electrons. The lowest BCUT2D eigenvalue weighted by molar-refractivity contribution is 0.102. The summed E-state index contributed by atoms with van der Waals surface area (Å²) in [6.45, 7) is 2.02. The first-order valence-electron chi connectivity index (χ1n) is 10.5. The van der Waals surface area contributed by atoms with Crippen molar-refractivity contribution in [2.24, 2.45) is 0 Å². The molecule has 0 aliphatic carbocycles. The number of aryl methyl sites for hydroxylation is 1. The number of nitrogens with zero attached hydrogens (tertiary/aromatic N) is 2. The summed E-state index contributed by atoms with van der Waals surface area (Å²) in [6.07, 6.45) is 1.62. The molecule has 0 aliphatic rings. The summed E-state index contributed by atoms with van der Waals surface area (Å²) < 4.78 is 28.8. The molecule has 4 rings (SSSR count). The molecule has 0 atom stereocenters. The maximum absolute atomic E-state index is 13.8. The van der Waals surface area contributed by atoms with Crippen LogP contribution in [0.15, 0.2) is 102 Å². The molecule has 0 aliphatic heterocycles. The minimum atomic E-state index is -4.02. The van der Waals surface area contributed by atoms with Gasteiger partial charge in [0.2, 0.25) is 0 Å². The first-order valence-corrected chi connectivity index (χ1v) is 12.3. The Kier molecular flexibility index (Phi) is 6.95. The zero-order valence-electron chi connectivity index (χ0n) is 18.4. The molecular formula is C26H22ClN3O3S. The van der Waals surface area contributed by atoms with Crippen molar-refractivity contribution in [1.29, 1.82) is 0 Å². The van der Waals surface area contributed by atoms with Crippen LogP contribution in [0.25, 0.3) is 0 Å². The van der Waals surface area contributed by atoms with E-state index in [0.29, 0.717) is 11.5 Å². The summed E-state index contributed by atoms with van der Waals surface area (Å²) in [5, 5.41) is 2.80. The normalized spacial score (nSPS) is 11.1. The number of pyridine rings is 1. The van der Waals surface area contributed by atoms with Gasteiger partial charge in [-0.05, 0) is 54.4 Å². The van der Waals surface area contributed by atoms with Crippen LogP contribution in [-0.4, -0.2) is 19.3 Å². The molecule has 4 aromatic rings. The molecule has 0 saturated heterocycles. The number of hydrogen-bond acceptors (Lipinski definition) is 4. The predicted octanol–water partition coefficient (Wildman–Crippen LogP) is 5.69. The molecular weight excluding hydrogens is 470 g/mol. The van der Waals surface area contributed by atoms with Crippen molar-refractivity contribution in [3.8, 4) is 0 Å². The van der Waals surface area contributed by atoms with E-state index in [1.165, 1.54) is 22.5 Å². The highest BCUT2D eigenvalue weighted by Gasteiger charge is 2.27. The first-order chi connectivity index (χ1) is 16.3. The number of rotatable bonds is 7. The number of amides is 1. The van der Waals surface area contributed by atoms with Crippen molar-refractivity contribution >= 4 is 39.0 Å². The van der Waals surface area contributed by atoms with Gasteiger partial charge in [-0.3, -0.25) is 9.10 Å². The highest BCUT2D eigenvalue weighted by atomic mass is 35.5. The van der Waals surface area contributed by atoms with E-state index in [0.717, 1.165) is 11.1 Å². The maximum Gasteiger partial charge on any atom is 0.264 e. The van der Waals surface area contributed by atoms with Gasteiger partial charge in [0.15, 0.2) is 0 Å². The SMILES string of the molecule is Cc1ccc(NC(=O)c2cc(S(=O)(=O)N(Cc3ccccc3)c3ccccc3)ccc2Cl)nc1. The van der Waals surface area contributed by atoms with E-state index >= 15 is 0 Å². The summed E-state index contributed by atoms with van der Waals surface area (Å²) in [6, 6.07) is 25.7. The second-order valence-corrected chi connectivity index (χ2v) is 9.92. The number of carbonyl (C=O) groups is 1. The van der Waals surface area contributed by atoms with E-state index in [2.05, 4.69) is 10.3 Å². The fraction of sp³-hybridized carbons (Fsp3) is 0.0769. The Morgan fingerprint density at radius 3 is 2.26 bits per heavy atom. The largest absolute Gasteiger partial charge is 0.307 e. The number of aromatic nitrogens is 1. The number of halogens is 1. The van der Waals surface area contributed by atoms with Gasteiger partial charge < -0.3 is 5.32 Å². The number of carbonyl (C=O) groups excluding carboxylic acids is 1. The molecule has 1 amide bonds. The van der Waals surface area contributed by atoms with Crippen molar-refractivity contribution < 1.29 is 13.2 Å². The molecule has 6 nitrogen and oxygen atoms in total. The van der Waals surface area contributed by atoms with Crippen molar-refractivity contribution in [2.75, 3.05) is 9.62 Å². The molecule has 1 aromatic heterocycles. The average Bonchev–Trinajstić information content (AvgIpc) is 2.85. The van der Waals surface area contributed by atoms with Crippen LogP contribution in [0, 0.1) is 6.92 Å². The lowest BCUT2D eigenvalue weighted by Crippen LogP contribution is -2.30. The molecule has 0 radical (unpaired) electrons. The molecule has 8 heteroatoms. The number of sulfonamides is 1. The summed E-state index contributed by atoms with van der Waals surface area (Å²) >= 11 is 6.27. The zero-order chi connectivity index (χ0) is 24.1. The molecule has 1 N–H and O–H groups in total. The third-order valence-corrected chi connectivity index (χ3v) is 7.24. The van der Waals surface area contributed by atoms with E-state index in [1.54, 1.807) is 36.5 Å². The van der Waals surface area contributed by atoms with Crippen LogP contribution in [0.5, 0.6) is 0 Å². The Labute approximate surface area is 203 Å². The Morgan fingerprint density at radius 2 is 1.62 bits per heavy atom. The van der Waals surface area contributed by atoms with Crippen LogP contribution in [0.3, 0.4) is 0 Å². The number of hydrogen-bond donors (Lipinski definition) is 1. The smallest absolute Gasteiger partial charge is 0.264 e. The second-order valence-electron chi connectivity index (χ2n) is 7.65. The van der Waals surface area contributed by atoms with Gasteiger partial charge in [0.1, 0.15) is 5.82 Å². The van der Waals surface area contributed by atoms with Crippen molar-refractivity contribution in [2.45, 2.75) is 18.4 Å². The lowest BCUT2D eigenvalue weighted by atomic mass is 10.2. The molecule has 0 saturated carbocycles. The number of anilines is 2. The van der Waals surface area contributed by atoms with E-state index in [-0.39, 0.29) is 22.0 Å². The minimum absolute atomic E-state index is 0.0397. The van der Waals surface area contributed by atoms with Crippen LogP contribution in [-0.2, 0) is 16.6 Å². The molecule has 3 aromatic carbocycles. The summed E-state index contributed by atoms with van der Waals surface area (Å²) in [5.74, 6) is -0.206. The van der Waals surface area contributed by atoms with Gasteiger partial charge in [-0.1, -0.05) is 66.2 Å². The van der Waals surface area contributed by atoms with Gasteiger partial charge in [0.25, 0.3) is 15.9 Å². The van der Waals surface area contributed by atoms with Gasteiger partial charge in [0.05, 0.1) is 27.7 Å². The van der Waals surface area contributed by atoms with Crippen LogP contribution >= 0.6 is 11.6 Å². The standard InChI is InChI=1S/C26H22ClN3O3S/c1-19-12-15-25(28-17-19)29-26(31)23-16-22(13-14-24(23)27)34(32,33)30(21-10-6-3-7-11-21)18-20-8-4-2-5-9-20/h2-17H,18H2,1H3,(H,28,29,31). The van der Waals surface area contributed by atoms with Crippen molar-refractivity contribution in [3.63, 3.8) is 0 Å². The van der Waals surface area contributed by atoms with E-state index < -0.39 is 15.9 Å². The highest BCUT2D eigenvalue weighted by molar-refractivity contribution is 7.92. The minimum Gasteiger partial charge on any atom is -0.307 e. The molecule has 0 bridgehead atoms. The molecule has 0 fully saturated rings. The quantitative estimate of drug-likeness (QED) is 0.360. The van der Waals surface area contributed by atoms with E-state index in [4.69, 9.17) is 11.6 Å². The fourth-order valence-electron chi connectivity index (χ4n) is 3.35. The highest BCUT2D eigenvalue weighted by Crippen LogP contribution is 2.28. The third kappa shape index (κ3) is 5.27. The van der Waals surface area contributed by atoms with E-state index in [1.807, 2.05) is 49.4 Å². The predicted molar refractivity (Wildman–Crippen MR) is 135 cm³/mol. The molecule has 1 heterocycles. The number of benzene rings is 3. The number of nitrogens with one attached hydrogen (secondary N) is 1. The van der Waals surface area contributed by atoms with Crippen LogP contribution in [0.1, 0.15) is 21.5 Å². The van der Waals surface area contributed by atoms with Crippen molar-refractivity contribution in [3.05, 3.63) is 119 Å². The monoisotopic (exact) mass is 491 g/mol. The van der Waals surface area contributed by atoms with Gasteiger partial charge in [-0.25, -0.2) is 13.4 Å². The van der Waals surface area contributed by atoms with E-state index in [9.17, 15) is 13.2 Å². The third-order valence-electron chi connectivity index (χ3n) is 5.14. The molecule has 0 spiro atoms. The summed E-state index contributed by atoms with van der Waals surface area (Å²) in [5.41, 5.74) is 2.32. The van der Waals surface area contributed by atoms with Crippen LogP contribution in [0.4, 0.5) is 11.5 Å². The van der Waals surface area contributed by atoms with Gasteiger partial charge in [-0.15, -0.1) is 0 Å². The molecule has 0 unspecified atom stereocenters. The van der Waals surface area contributed by atoms with Crippen LogP contribution in [0.2, 0.25) is 5.02 Å². The Morgan fingerprint density at radius 1 is 0.941 bits per heavy atom. The topological polar surface area (TPSA) is 79.4 Å². The average molecular weight is 492 g/mol. The fourth-order valence-corrected chi connectivity index (χ4v) is 5.03. The maximum atomic E-state index is 13.8. The van der Waals surface area contributed by atoms with Crippen LogP contribution < -0.4 is 9.62 Å². The number of para-hydroxylation sites is 1. The zero-order valence-corrected chi connectivity index (χ0v) is 19.9. The first kappa shape index (κ1) is 23.5. The Bertz CT molecular complexity index is 1390. The van der Waals surface area contributed by atoms with Gasteiger partial charge in [-0.2, -0.15) is 0 Å². The lowest BCUT2D eigenvalue weighted by Gasteiger charge is -2.25.